The largest absolute Gasteiger partial charge is 0.467 e. The minimum absolute atomic E-state index is 0.251. The summed E-state index contributed by atoms with van der Waals surface area (Å²) in [4.78, 5) is 0. The molecule has 0 bridgehead atoms. The van der Waals surface area contributed by atoms with Crippen LogP contribution in [0.1, 0.15) is 24.3 Å². The Morgan fingerprint density at radius 3 is 3.13 bits per heavy atom. The first-order valence-corrected chi connectivity index (χ1v) is 5.50. The third kappa shape index (κ3) is 2.49. The highest BCUT2D eigenvalue weighted by molar-refractivity contribution is 9.10. The van der Waals surface area contributed by atoms with Gasteiger partial charge in [-0.2, -0.15) is 5.10 Å². The molecule has 5 heteroatoms. The van der Waals surface area contributed by atoms with Gasteiger partial charge < -0.3 is 9.73 Å². The molecule has 2 heterocycles. The number of hydrogen-bond donors (Lipinski definition) is 2. The van der Waals surface area contributed by atoms with Gasteiger partial charge in [-0.25, -0.2) is 0 Å². The number of nitrogens with zero attached hydrogens (tertiary/aromatic N) is 1. The number of halogens is 1. The van der Waals surface area contributed by atoms with Crippen LogP contribution in [0.5, 0.6) is 0 Å². The molecule has 2 aromatic rings. The first-order valence-electron chi connectivity index (χ1n) is 4.71. The van der Waals surface area contributed by atoms with E-state index in [2.05, 4.69) is 38.4 Å². The monoisotopic (exact) mass is 269 g/mol. The number of hydrogen-bond acceptors (Lipinski definition) is 3. The van der Waals surface area contributed by atoms with Crippen molar-refractivity contribution in [2.45, 2.75) is 19.5 Å². The fraction of sp³-hybridized carbons (Fsp3) is 0.300. The van der Waals surface area contributed by atoms with E-state index >= 15 is 0 Å². The highest BCUT2D eigenvalue weighted by Crippen LogP contribution is 2.18. The van der Waals surface area contributed by atoms with Crippen LogP contribution in [0.2, 0.25) is 0 Å². The molecule has 0 radical (unpaired) electrons. The predicted molar refractivity (Wildman–Crippen MR) is 60.3 cm³/mol. The lowest BCUT2D eigenvalue weighted by Gasteiger charge is -2.10. The zero-order valence-corrected chi connectivity index (χ0v) is 9.91. The van der Waals surface area contributed by atoms with Gasteiger partial charge in [-0.15, -0.1) is 0 Å². The third-order valence-electron chi connectivity index (χ3n) is 2.28. The number of rotatable bonds is 4. The van der Waals surface area contributed by atoms with Crippen molar-refractivity contribution in [3.63, 3.8) is 0 Å². The zero-order chi connectivity index (χ0) is 10.7. The second-order valence-electron chi connectivity index (χ2n) is 3.33. The molecule has 0 amide bonds. The lowest BCUT2D eigenvalue weighted by Crippen LogP contribution is -2.17. The van der Waals surface area contributed by atoms with E-state index in [4.69, 9.17) is 4.42 Å². The summed E-state index contributed by atoms with van der Waals surface area (Å²) in [5.74, 6) is 0.908. The van der Waals surface area contributed by atoms with Gasteiger partial charge >= 0.3 is 0 Å². The maximum atomic E-state index is 5.30. The van der Waals surface area contributed by atoms with Gasteiger partial charge in [0.05, 0.1) is 23.5 Å². The van der Waals surface area contributed by atoms with Crippen molar-refractivity contribution >= 4 is 15.9 Å². The average Bonchev–Trinajstić information content (AvgIpc) is 2.85. The summed E-state index contributed by atoms with van der Waals surface area (Å²) in [5, 5.41) is 10.0. The molecule has 15 heavy (non-hydrogen) atoms. The van der Waals surface area contributed by atoms with Crippen LogP contribution in [-0.2, 0) is 6.54 Å². The van der Waals surface area contributed by atoms with E-state index in [1.54, 1.807) is 6.26 Å². The van der Waals surface area contributed by atoms with E-state index in [0.29, 0.717) is 6.54 Å². The highest BCUT2D eigenvalue weighted by atomic mass is 79.9. The van der Waals surface area contributed by atoms with E-state index in [1.807, 2.05) is 18.5 Å². The normalized spacial score (nSPS) is 12.9. The Bertz CT molecular complexity index is 410. The highest BCUT2D eigenvalue weighted by Gasteiger charge is 2.08. The Hall–Kier alpha value is -1.07. The van der Waals surface area contributed by atoms with Gasteiger partial charge in [0, 0.05) is 17.8 Å². The number of H-pyrrole nitrogens is 1. The van der Waals surface area contributed by atoms with Crippen LogP contribution < -0.4 is 5.32 Å². The smallest absolute Gasteiger partial charge is 0.131 e. The van der Waals surface area contributed by atoms with Crippen molar-refractivity contribution in [2.24, 2.45) is 0 Å². The topological polar surface area (TPSA) is 53.9 Å². The molecule has 80 valence electrons. The minimum atomic E-state index is 0.251. The lowest BCUT2D eigenvalue weighted by atomic mass is 10.2. The molecule has 0 aliphatic carbocycles. The number of furan rings is 1. The SMILES string of the molecule is CC(NCc1occc1Br)c1cn[nH]c1. The van der Waals surface area contributed by atoms with E-state index in [0.717, 1.165) is 15.8 Å². The molecule has 0 aliphatic heterocycles. The first-order chi connectivity index (χ1) is 7.27. The fourth-order valence-electron chi connectivity index (χ4n) is 1.31. The molecular formula is C10H12BrN3O. The Balaban J connectivity index is 1.91. The molecule has 0 spiro atoms. The second kappa shape index (κ2) is 4.63. The van der Waals surface area contributed by atoms with Crippen molar-refractivity contribution in [3.8, 4) is 0 Å². The summed E-state index contributed by atoms with van der Waals surface area (Å²) < 4.78 is 6.29. The first kappa shape index (κ1) is 10.4. The third-order valence-corrected chi connectivity index (χ3v) is 2.99. The number of aromatic amines is 1. The van der Waals surface area contributed by atoms with Crippen molar-refractivity contribution in [1.29, 1.82) is 0 Å². The summed E-state index contributed by atoms with van der Waals surface area (Å²) in [6.45, 7) is 2.78. The average molecular weight is 270 g/mol. The van der Waals surface area contributed by atoms with Crippen LogP contribution in [0.3, 0.4) is 0 Å². The summed E-state index contributed by atoms with van der Waals surface area (Å²) in [7, 11) is 0. The quantitative estimate of drug-likeness (QED) is 0.897. The number of aromatic nitrogens is 2. The summed E-state index contributed by atoms with van der Waals surface area (Å²) in [5.41, 5.74) is 1.14. The maximum absolute atomic E-state index is 5.30. The molecule has 1 unspecified atom stereocenters. The molecule has 0 aliphatic rings. The van der Waals surface area contributed by atoms with E-state index in [9.17, 15) is 0 Å². The minimum Gasteiger partial charge on any atom is -0.467 e. The standard InChI is InChI=1S/C10H12BrN3O/c1-7(8-4-13-14-5-8)12-6-10-9(11)2-3-15-10/h2-5,7,12H,6H2,1H3,(H,13,14). The van der Waals surface area contributed by atoms with Gasteiger partial charge in [-0.1, -0.05) is 0 Å². The fourth-order valence-corrected chi connectivity index (χ4v) is 1.65. The Morgan fingerprint density at radius 1 is 1.67 bits per heavy atom. The lowest BCUT2D eigenvalue weighted by molar-refractivity contribution is 0.458. The zero-order valence-electron chi connectivity index (χ0n) is 8.33. The van der Waals surface area contributed by atoms with Gasteiger partial charge in [-0.05, 0) is 28.9 Å². The van der Waals surface area contributed by atoms with Crippen molar-refractivity contribution in [3.05, 3.63) is 40.5 Å². The van der Waals surface area contributed by atoms with Crippen LogP contribution >= 0.6 is 15.9 Å². The molecule has 0 fully saturated rings. The summed E-state index contributed by atoms with van der Waals surface area (Å²) >= 11 is 3.41. The molecule has 1 atom stereocenters. The molecule has 2 aromatic heterocycles. The van der Waals surface area contributed by atoms with Gasteiger partial charge in [0.1, 0.15) is 5.76 Å². The van der Waals surface area contributed by atoms with E-state index < -0.39 is 0 Å². The van der Waals surface area contributed by atoms with Crippen molar-refractivity contribution in [1.82, 2.24) is 15.5 Å². The van der Waals surface area contributed by atoms with Gasteiger partial charge in [-0.3, -0.25) is 5.10 Å². The van der Waals surface area contributed by atoms with Crippen LogP contribution in [0.15, 0.2) is 33.6 Å². The van der Waals surface area contributed by atoms with Crippen molar-refractivity contribution in [2.75, 3.05) is 0 Å². The van der Waals surface area contributed by atoms with Crippen LogP contribution in [0.4, 0.5) is 0 Å². The van der Waals surface area contributed by atoms with E-state index in [1.165, 1.54) is 0 Å². The summed E-state index contributed by atoms with van der Waals surface area (Å²) in [6.07, 6.45) is 5.37. The second-order valence-corrected chi connectivity index (χ2v) is 4.18. The van der Waals surface area contributed by atoms with Crippen LogP contribution in [-0.4, -0.2) is 10.2 Å². The molecule has 4 nitrogen and oxygen atoms in total. The Morgan fingerprint density at radius 2 is 2.53 bits per heavy atom. The van der Waals surface area contributed by atoms with Gasteiger partial charge in [0.2, 0.25) is 0 Å². The Labute approximate surface area is 96.2 Å². The predicted octanol–water partition coefficient (Wildman–Crippen LogP) is 2.62. The number of nitrogens with one attached hydrogen (secondary N) is 2. The molecule has 0 saturated heterocycles. The molecule has 2 N–H and O–H groups in total. The van der Waals surface area contributed by atoms with Gasteiger partial charge in [0.15, 0.2) is 0 Å². The van der Waals surface area contributed by atoms with E-state index in [-0.39, 0.29) is 6.04 Å². The molecule has 0 saturated carbocycles. The molecule has 0 aromatic carbocycles. The molecular weight excluding hydrogens is 258 g/mol. The van der Waals surface area contributed by atoms with Gasteiger partial charge in [0.25, 0.3) is 0 Å². The Kier molecular flexibility index (Phi) is 3.23. The summed E-state index contributed by atoms with van der Waals surface area (Å²) in [6, 6.07) is 2.14. The van der Waals surface area contributed by atoms with Crippen LogP contribution in [0.25, 0.3) is 0 Å². The van der Waals surface area contributed by atoms with Crippen LogP contribution in [0, 0.1) is 0 Å². The molecule has 2 rings (SSSR count). The van der Waals surface area contributed by atoms with Crippen molar-refractivity contribution < 1.29 is 4.42 Å². The maximum Gasteiger partial charge on any atom is 0.131 e.